The van der Waals surface area contributed by atoms with Crippen molar-refractivity contribution >= 4 is 29.5 Å². The summed E-state index contributed by atoms with van der Waals surface area (Å²) in [7, 11) is 1.51. The number of carbonyl (C=O) groups is 1. The Morgan fingerprint density at radius 3 is 2.63 bits per heavy atom. The maximum Gasteiger partial charge on any atom is 0.335 e. The number of hydrogen-bond donors (Lipinski definition) is 1. The Morgan fingerprint density at radius 1 is 1.19 bits per heavy atom. The molecule has 3 rings (SSSR count). The number of rotatable bonds is 4. The van der Waals surface area contributed by atoms with Gasteiger partial charge in [0.1, 0.15) is 11.5 Å². The van der Waals surface area contributed by atoms with E-state index < -0.39 is 5.97 Å². The van der Waals surface area contributed by atoms with Crippen LogP contribution in [0.1, 0.15) is 33.5 Å². The monoisotopic (exact) mass is 400 g/mol. The van der Waals surface area contributed by atoms with Crippen LogP contribution < -0.4 is 9.47 Å². The van der Waals surface area contributed by atoms with Crippen molar-refractivity contribution in [2.45, 2.75) is 10.5 Å². The zero-order chi connectivity index (χ0) is 19.4. The molecule has 0 spiro atoms. The lowest BCUT2D eigenvalue weighted by atomic mass is 10.0. The summed E-state index contributed by atoms with van der Waals surface area (Å²) in [5, 5.41) is 9.10. The highest BCUT2D eigenvalue weighted by Gasteiger charge is 2.36. The summed E-state index contributed by atoms with van der Waals surface area (Å²) in [6, 6.07) is 10.7. The van der Waals surface area contributed by atoms with Crippen molar-refractivity contribution in [3.63, 3.8) is 0 Å². The smallest absolute Gasteiger partial charge is 0.335 e. The van der Waals surface area contributed by atoms with Gasteiger partial charge in [0.2, 0.25) is 0 Å². The number of ether oxygens (including phenoxy) is 2. The van der Waals surface area contributed by atoms with Gasteiger partial charge < -0.3 is 14.6 Å². The SMILES string of the molecule is COc1cc(C(=O)O)ccc1C#Cc1ccc2c(c1)C(SC)(SC)CCO2. The Hall–Kier alpha value is -2.23. The minimum absolute atomic E-state index is 0.0217. The summed E-state index contributed by atoms with van der Waals surface area (Å²) in [5.74, 6) is 6.64. The topological polar surface area (TPSA) is 55.8 Å². The largest absolute Gasteiger partial charge is 0.495 e. The number of benzene rings is 2. The van der Waals surface area contributed by atoms with Crippen LogP contribution in [-0.2, 0) is 4.08 Å². The standard InChI is InChI=1S/C21H20O4S2/c1-24-19-13-16(20(22)23)8-7-15(19)6-4-14-5-9-18-17(12-14)21(26-2,27-3)10-11-25-18/h5,7-9,12-13H,10-11H2,1-3H3,(H,22,23). The van der Waals surface area contributed by atoms with Gasteiger partial charge in [0.15, 0.2) is 0 Å². The van der Waals surface area contributed by atoms with E-state index in [2.05, 4.69) is 30.4 Å². The van der Waals surface area contributed by atoms with Crippen LogP contribution in [0.3, 0.4) is 0 Å². The minimum atomic E-state index is -0.993. The molecule has 0 aromatic heterocycles. The van der Waals surface area contributed by atoms with Crippen LogP contribution in [0.5, 0.6) is 11.5 Å². The van der Waals surface area contributed by atoms with Gasteiger partial charge in [0.25, 0.3) is 0 Å². The molecule has 6 heteroatoms. The van der Waals surface area contributed by atoms with Crippen LogP contribution in [0.2, 0.25) is 0 Å². The Labute approximate surface area is 167 Å². The normalized spacial score (nSPS) is 14.3. The summed E-state index contributed by atoms with van der Waals surface area (Å²) >= 11 is 3.66. The van der Waals surface area contributed by atoms with Crippen LogP contribution in [0.15, 0.2) is 36.4 Å². The van der Waals surface area contributed by atoms with Crippen molar-refractivity contribution in [2.24, 2.45) is 0 Å². The summed E-state index contributed by atoms with van der Waals surface area (Å²) in [5.41, 5.74) is 2.87. The molecule has 4 nitrogen and oxygen atoms in total. The van der Waals surface area contributed by atoms with Crippen LogP contribution in [0, 0.1) is 11.8 Å². The molecule has 0 atom stereocenters. The minimum Gasteiger partial charge on any atom is -0.495 e. The van der Waals surface area contributed by atoms with E-state index in [0.29, 0.717) is 17.9 Å². The number of thioether (sulfide) groups is 2. The predicted octanol–water partition coefficient (Wildman–Crippen LogP) is 4.45. The molecule has 0 unspecified atom stereocenters. The van der Waals surface area contributed by atoms with Crippen LogP contribution in [0.25, 0.3) is 0 Å². The molecule has 0 bridgehead atoms. The molecule has 0 saturated heterocycles. The fourth-order valence-electron chi connectivity index (χ4n) is 3.04. The highest BCUT2D eigenvalue weighted by molar-refractivity contribution is 8.16. The van der Waals surface area contributed by atoms with E-state index in [1.807, 2.05) is 35.7 Å². The third kappa shape index (κ3) is 3.90. The second-order valence-electron chi connectivity index (χ2n) is 5.94. The first-order valence-corrected chi connectivity index (χ1v) is 10.8. The number of methoxy groups -OCH3 is 1. The highest BCUT2D eigenvalue weighted by atomic mass is 32.2. The molecule has 2 aromatic carbocycles. The van der Waals surface area contributed by atoms with Crippen LogP contribution in [0.4, 0.5) is 0 Å². The molecular weight excluding hydrogens is 380 g/mol. The zero-order valence-corrected chi connectivity index (χ0v) is 17.0. The first-order chi connectivity index (χ1) is 13.0. The van der Waals surface area contributed by atoms with E-state index in [9.17, 15) is 4.79 Å². The molecular formula is C21H20O4S2. The molecule has 0 amide bonds. The van der Waals surface area contributed by atoms with E-state index in [4.69, 9.17) is 14.6 Å². The number of fused-ring (bicyclic) bond motifs is 1. The Balaban J connectivity index is 1.98. The Bertz CT molecular complexity index is 924. The fraction of sp³-hybridized carbons (Fsp3) is 0.286. The molecule has 1 aliphatic heterocycles. The molecule has 1 aliphatic rings. The van der Waals surface area contributed by atoms with Crippen LogP contribution >= 0.6 is 23.5 Å². The molecule has 0 saturated carbocycles. The second kappa shape index (κ2) is 8.20. The lowest BCUT2D eigenvalue weighted by Gasteiger charge is -2.36. The Morgan fingerprint density at radius 2 is 1.96 bits per heavy atom. The summed E-state index contributed by atoms with van der Waals surface area (Å²) in [4.78, 5) is 11.1. The second-order valence-corrected chi connectivity index (χ2v) is 8.41. The third-order valence-corrected chi connectivity index (χ3v) is 7.70. The van der Waals surface area contributed by atoms with Gasteiger partial charge in [-0.25, -0.2) is 4.79 Å². The molecule has 1 heterocycles. The van der Waals surface area contributed by atoms with Gasteiger partial charge in [-0.1, -0.05) is 11.8 Å². The van der Waals surface area contributed by atoms with Gasteiger partial charge in [0.05, 0.1) is 28.9 Å². The van der Waals surface area contributed by atoms with Crippen molar-refractivity contribution in [1.82, 2.24) is 0 Å². The van der Waals surface area contributed by atoms with Gasteiger partial charge >= 0.3 is 5.97 Å². The van der Waals surface area contributed by atoms with E-state index in [1.165, 1.54) is 19.2 Å². The Kier molecular flexibility index (Phi) is 5.93. The highest BCUT2D eigenvalue weighted by Crippen LogP contribution is 2.52. The molecule has 140 valence electrons. The van der Waals surface area contributed by atoms with E-state index >= 15 is 0 Å². The first kappa shape index (κ1) is 19.5. The average Bonchev–Trinajstić information content (AvgIpc) is 2.71. The number of carboxylic acids is 1. The fourth-order valence-corrected chi connectivity index (χ4v) is 5.04. The van der Waals surface area contributed by atoms with Crippen molar-refractivity contribution in [3.05, 3.63) is 58.7 Å². The molecule has 1 N–H and O–H groups in total. The number of hydrogen-bond acceptors (Lipinski definition) is 5. The first-order valence-electron chi connectivity index (χ1n) is 8.34. The lowest BCUT2D eigenvalue weighted by Crippen LogP contribution is -2.26. The van der Waals surface area contributed by atoms with Crippen molar-refractivity contribution < 1.29 is 19.4 Å². The summed E-state index contributed by atoms with van der Waals surface area (Å²) in [6.45, 7) is 0.715. The van der Waals surface area contributed by atoms with Gasteiger partial charge in [0, 0.05) is 17.5 Å². The number of aromatic carboxylic acids is 1. The van der Waals surface area contributed by atoms with E-state index in [-0.39, 0.29) is 9.64 Å². The molecule has 0 fully saturated rings. The summed E-state index contributed by atoms with van der Waals surface area (Å²) in [6.07, 6.45) is 5.20. The third-order valence-electron chi connectivity index (χ3n) is 4.53. The van der Waals surface area contributed by atoms with Crippen molar-refractivity contribution in [3.8, 4) is 23.3 Å². The molecule has 27 heavy (non-hydrogen) atoms. The number of carboxylic acid groups (broad SMARTS) is 1. The van der Waals surface area contributed by atoms with Gasteiger partial charge in [-0.05, 0) is 48.9 Å². The predicted molar refractivity (Wildman–Crippen MR) is 111 cm³/mol. The van der Waals surface area contributed by atoms with Crippen LogP contribution in [-0.4, -0.2) is 37.3 Å². The molecule has 0 aliphatic carbocycles. The lowest BCUT2D eigenvalue weighted by molar-refractivity contribution is 0.0696. The quantitative estimate of drug-likeness (QED) is 0.604. The van der Waals surface area contributed by atoms with E-state index in [0.717, 1.165) is 23.3 Å². The average molecular weight is 401 g/mol. The van der Waals surface area contributed by atoms with Gasteiger partial charge in [-0.15, -0.1) is 23.5 Å². The van der Waals surface area contributed by atoms with Gasteiger partial charge in [-0.3, -0.25) is 0 Å². The maximum atomic E-state index is 11.1. The summed E-state index contributed by atoms with van der Waals surface area (Å²) < 4.78 is 11.1. The maximum absolute atomic E-state index is 11.1. The van der Waals surface area contributed by atoms with Gasteiger partial charge in [-0.2, -0.15) is 0 Å². The zero-order valence-electron chi connectivity index (χ0n) is 15.4. The van der Waals surface area contributed by atoms with Crippen molar-refractivity contribution in [1.29, 1.82) is 0 Å². The molecule has 0 radical (unpaired) electrons. The molecule has 2 aromatic rings. The van der Waals surface area contributed by atoms with Crippen molar-refractivity contribution in [2.75, 3.05) is 26.2 Å². The van der Waals surface area contributed by atoms with E-state index in [1.54, 1.807) is 6.07 Å².